The van der Waals surface area contributed by atoms with Crippen molar-refractivity contribution in [3.8, 4) is 0 Å². The fraction of sp³-hybridized carbons (Fsp3) is 0.250. The molecule has 0 fully saturated rings. The summed E-state index contributed by atoms with van der Waals surface area (Å²) in [7, 11) is 0. The summed E-state index contributed by atoms with van der Waals surface area (Å²) >= 11 is 0. The Morgan fingerprint density at radius 2 is 2.20 bits per heavy atom. The van der Waals surface area contributed by atoms with Gasteiger partial charge in [0.1, 0.15) is 0 Å². The summed E-state index contributed by atoms with van der Waals surface area (Å²) in [5, 5.41) is 2.93. The quantitative estimate of drug-likeness (QED) is 0.572. The van der Waals surface area contributed by atoms with Gasteiger partial charge in [0, 0.05) is 12.2 Å². The summed E-state index contributed by atoms with van der Waals surface area (Å²) in [6.45, 7) is 9.86. The molecule has 0 spiro atoms. The molecule has 2 heteroatoms. The van der Waals surface area contributed by atoms with Crippen LogP contribution < -0.4 is 11.1 Å². The van der Waals surface area contributed by atoms with E-state index in [0.29, 0.717) is 6.54 Å². The van der Waals surface area contributed by atoms with E-state index in [0.717, 1.165) is 11.3 Å². The average molecular weight is 138 g/mol. The maximum absolute atomic E-state index is 5.21. The molecule has 0 amide bonds. The Morgan fingerprint density at radius 1 is 1.60 bits per heavy atom. The lowest BCUT2D eigenvalue weighted by Gasteiger charge is -2.01. The van der Waals surface area contributed by atoms with Gasteiger partial charge in [0.15, 0.2) is 0 Å². The fourth-order valence-corrected chi connectivity index (χ4v) is 0.351. The Labute approximate surface area is 62.1 Å². The zero-order valence-corrected chi connectivity index (χ0v) is 6.35. The van der Waals surface area contributed by atoms with Gasteiger partial charge in [0.05, 0.1) is 0 Å². The van der Waals surface area contributed by atoms with E-state index in [2.05, 4.69) is 18.5 Å². The topological polar surface area (TPSA) is 38.0 Å². The standard InChI is InChI=1S/C8H14N2/c1-7(2)8(3)10-6-4-5-9/h4,6,10H,1,3,5,9H2,2H3/b6-4-. The third-order valence-electron chi connectivity index (χ3n) is 1.03. The molecular weight excluding hydrogens is 124 g/mol. The zero-order valence-electron chi connectivity index (χ0n) is 6.35. The highest BCUT2D eigenvalue weighted by Gasteiger charge is 1.86. The second kappa shape index (κ2) is 4.82. The lowest BCUT2D eigenvalue weighted by molar-refractivity contribution is 1.06. The van der Waals surface area contributed by atoms with Crippen LogP contribution in [0, 0.1) is 0 Å². The normalized spacial score (nSPS) is 9.80. The molecule has 0 saturated carbocycles. The monoisotopic (exact) mass is 138 g/mol. The van der Waals surface area contributed by atoms with Crippen molar-refractivity contribution in [1.82, 2.24) is 5.32 Å². The Kier molecular flexibility index (Phi) is 4.33. The number of allylic oxidation sites excluding steroid dienone is 1. The van der Waals surface area contributed by atoms with Gasteiger partial charge >= 0.3 is 0 Å². The molecule has 0 saturated heterocycles. The lowest BCUT2D eigenvalue weighted by atomic mass is 10.3. The van der Waals surface area contributed by atoms with Crippen LogP contribution in [0.3, 0.4) is 0 Å². The molecule has 0 aromatic carbocycles. The van der Waals surface area contributed by atoms with Crippen LogP contribution in [0.15, 0.2) is 36.7 Å². The second-order valence-electron chi connectivity index (χ2n) is 2.04. The van der Waals surface area contributed by atoms with E-state index in [9.17, 15) is 0 Å². The summed E-state index contributed by atoms with van der Waals surface area (Å²) in [5.41, 5.74) is 6.97. The average Bonchev–Trinajstić information content (AvgIpc) is 1.88. The lowest BCUT2D eigenvalue weighted by Crippen LogP contribution is -2.05. The fourth-order valence-electron chi connectivity index (χ4n) is 0.351. The minimum atomic E-state index is 0.538. The van der Waals surface area contributed by atoms with Crippen molar-refractivity contribution in [3.63, 3.8) is 0 Å². The summed E-state index contributed by atoms with van der Waals surface area (Å²) < 4.78 is 0. The van der Waals surface area contributed by atoms with Crippen molar-refractivity contribution in [2.75, 3.05) is 6.54 Å². The molecule has 0 aromatic heterocycles. The van der Waals surface area contributed by atoms with Gasteiger partial charge in [-0.2, -0.15) is 0 Å². The van der Waals surface area contributed by atoms with Crippen LogP contribution in [0.2, 0.25) is 0 Å². The van der Waals surface area contributed by atoms with Crippen molar-refractivity contribution < 1.29 is 0 Å². The maximum Gasteiger partial charge on any atom is 0.0330 e. The van der Waals surface area contributed by atoms with Crippen molar-refractivity contribution in [2.24, 2.45) is 5.73 Å². The second-order valence-corrected chi connectivity index (χ2v) is 2.04. The largest absolute Gasteiger partial charge is 0.362 e. The first kappa shape index (κ1) is 8.98. The third kappa shape index (κ3) is 3.92. The predicted octanol–water partition coefficient (Wildman–Crippen LogP) is 1.14. The van der Waals surface area contributed by atoms with Crippen LogP contribution in [-0.4, -0.2) is 6.54 Å². The highest BCUT2D eigenvalue weighted by Crippen LogP contribution is 1.97. The number of rotatable bonds is 4. The van der Waals surface area contributed by atoms with Gasteiger partial charge in [-0.05, 0) is 18.7 Å². The number of nitrogens with two attached hydrogens (primary N) is 1. The first-order chi connectivity index (χ1) is 4.68. The van der Waals surface area contributed by atoms with Crippen molar-refractivity contribution in [3.05, 3.63) is 36.7 Å². The number of hydrogen-bond acceptors (Lipinski definition) is 2. The smallest absolute Gasteiger partial charge is 0.0330 e. The van der Waals surface area contributed by atoms with E-state index in [-0.39, 0.29) is 0 Å². The van der Waals surface area contributed by atoms with Crippen molar-refractivity contribution >= 4 is 0 Å². The number of nitrogens with one attached hydrogen (secondary N) is 1. The third-order valence-corrected chi connectivity index (χ3v) is 1.03. The van der Waals surface area contributed by atoms with Gasteiger partial charge in [0.2, 0.25) is 0 Å². The molecule has 2 nitrogen and oxygen atoms in total. The van der Waals surface area contributed by atoms with Crippen LogP contribution in [-0.2, 0) is 0 Å². The van der Waals surface area contributed by atoms with E-state index >= 15 is 0 Å². The highest BCUT2D eigenvalue weighted by molar-refractivity contribution is 5.22. The van der Waals surface area contributed by atoms with Gasteiger partial charge in [-0.3, -0.25) is 0 Å². The van der Waals surface area contributed by atoms with Crippen molar-refractivity contribution in [1.29, 1.82) is 0 Å². The summed E-state index contributed by atoms with van der Waals surface area (Å²) in [5.74, 6) is 0. The number of hydrogen-bond donors (Lipinski definition) is 2. The molecule has 0 aliphatic heterocycles. The molecule has 0 aromatic rings. The van der Waals surface area contributed by atoms with Crippen LogP contribution >= 0.6 is 0 Å². The summed E-state index contributed by atoms with van der Waals surface area (Å²) in [6, 6.07) is 0. The molecular formula is C8H14N2. The maximum atomic E-state index is 5.21. The highest BCUT2D eigenvalue weighted by atomic mass is 14.8. The van der Waals surface area contributed by atoms with Gasteiger partial charge in [0.25, 0.3) is 0 Å². The zero-order chi connectivity index (χ0) is 7.98. The minimum Gasteiger partial charge on any atom is -0.362 e. The molecule has 0 rings (SSSR count). The molecule has 0 aliphatic rings. The van der Waals surface area contributed by atoms with Gasteiger partial charge in [-0.1, -0.05) is 19.2 Å². The molecule has 0 unspecified atom stereocenters. The molecule has 3 N–H and O–H groups in total. The van der Waals surface area contributed by atoms with Crippen molar-refractivity contribution in [2.45, 2.75) is 6.92 Å². The molecule has 0 aliphatic carbocycles. The van der Waals surface area contributed by atoms with E-state index in [1.165, 1.54) is 0 Å². The van der Waals surface area contributed by atoms with E-state index in [1.807, 2.05) is 13.0 Å². The first-order valence-corrected chi connectivity index (χ1v) is 3.15. The van der Waals surface area contributed by atoms with Gasteiger partial charge < -0.3 is 11.1 Å². The first-order valence-electron chi connectivity index (χ1n) is 3.15. The molecule has 0 radical (unpaired) electrons. The molecule has 0 atom stereocenters. The molecule has 0 heterocycles. The van der Waals surface area contributed by atoms with E-state index < -0.39 is 0 Å². The van der Waals surface area contributed by atoms with Crippen LogP contribution in [0.25, 0.3) is 0 Å². The van der Waals surface area contributed by atoms with E-state index in [1.54, 1.807) is 6.20 Å². The Morgan fingerprint density at radius 3 is 2.60 bits per heavy atom. The van der Waals surface area contributed by atoms with Crippen LogP contribution in [0.1, 0.15) is 6.92 Å². The van der Waals surface area contributed by atoms with Crippen LogP contribution in [0.5, 0.6) is 0 Å². The van der Waals surface area contributed by atoms with Crippen LogP contribution in [0.4, 0.5) is 0 Å². The summed E-state index contributed by atoms with van der Waals surface area (Å²) in [6.07, 6.45) is 3.57. The molecule has 56 valence electrons. The Balaban J connectivity index is 3.60. The minimum absolute atomic E-state index is 0.538. The SMILES string of the molecule is C=C(C)C(=C)N/C=C\CN. The predicted molar refractivity (Wildman–Crippen MR) is 45.3 cm³/mol. The van der Waals surface area contributed by atoms with Gasteiger partial charge in [-0.15, -0.1) is 0 Å². The van der Waals surface area contributed by atoms with E-state index in [4.69, 9.17) is 5.73 Å². The summed E-state index contributed by atoms with van der Waals surface area (Å²) in [4.78, 5) is 0. The Hall–Kier alpha value is -1.02. The molecule has 10 heavy (non-hydrogen) atoms. The molecule has 0 bridgehead atoms. The van der Waals surface area contributed by atoms with Gasteiger partial charge in [-0.25, -0.2) is 0 Å². The Bertz CT molecular complexity index is 157.